The maximum Gasteiger partial charge on any atom is 0.332 e. The molecule has 1 unspecified atom stereocenters. The van der Waals surface area contributed by atoms with Crippen LogP contribution in [0.1, 0.15) is 30.0 Å². The van der Waals surface area contributed by atoms with E-state index < -0.39 is 12.1 Å². The van der Waals surface area contributed by atoms with Gasteiger partial charge in [0.05, 0.1) is 6.61 Å². The molecule has 0 aliphatic carbocycles. The predicted molar refractivity (Wildman–Crippen MR) is 62.4 cm³/mol. The minimum absolute atomic E-state index is 0.359. The van der Waals surface area contributed by atoms with Gasteiger partial charge in [-0.25, -0.2) is 4.79 Å². The Morgan fingerprint density at radius 3 is 2.69 bits per heavy atom. The highest BCUT2D eigenvalue weighted by Crippen LogP contribution is 2.13. The molecule has 0 bridgehead atoms. The van der Waals surface area contributed by atoms with Crippen molar-refractivity contribution < 1.29 is 14.6 Å². The molecule has 0 aliphatic heterocycles. The largest absolute Gasteiger partial charge is 0.479 e. The van der Waals surface area contributed by atoms with E-state index in [1.54, 1.807) is 0 Å². The van der Waals surface area contributed by atoms with Crippen molar-refractivity contribution in [2.45, 2.75) is 39.9 Å². The highest BCUT2D eigenvalue weighted by molar-refractivity contribution is 5.72. The molecular weight excluding hydrogens is 204 g/mol. The number of rotatable bonds is 5. The molecule has 3 heteroatoms. The first kappa shape index (κ1) is 12.7. The monoisotopic (exact) mass is 222 g/mol. The molecule has 0 saturated heterocycles. The van der Waals surface area contributed by atoms with Gasteiger partial charge in [-0.3, -0.25) is 0 Å². The van der Waals surface area contributed by atoms with Crippen molar-refractivity contribution in [2.75, 3.05) is 0 Å². The summed E-state index contributed by atoms with van der Waals surface area (Å²) in [6.45, 7) is 6.18. The molecule has 1 aromatic rings. The van der Waals surface area contributed by atoms with Gasteiger partial charge in [-0.05, 0) is 31.4 Å². The molecule has 0 radical (unpaired) electrons. The van der Waals surface area contributed by atoms with Crippen molar-refractivity contribution >= 4 is 5.97 Å². The van der Waals surface area contributed by atoms with Crippen LogP contribution in [-0.2, 0) is 16.1 Å². The van der Waals surface area contributed by atoms with Crippen molar-refractivity contribution in [3.05, 3.63) is 34.9 Å². The van der Waals surface area contributed by atoms with Crippen LogP contribution < -0.4 is 0 Å². The van der Waals surface area contributed by atoms with Gasteiger partial charge in [0.1, 0.15) is 0 Å². The summed E-state index contributed by atoms with van der Waals surface area (Å²) in [6.07, 6.45) is -0.222. The Balaban J connectivity index is 2.66. The third-order valence-corrected chi connectivity index (χ3v) is 2.59. The first-order chi connectivity index (χ1) is 7.54. The van der Waals surface area contributed by atoms with E-state index in [0.29, 0.717) is 13.0 Å². The third-order valence-electron chi connectivity index (χ3n) is 2.59. The topological polar surface area (TPSA) is 46.5 Å². The van der Waals surface area contributed by atoms with E-state index in [2.05, 4.69) is 0 Å². The lowest BCUT2D eigenvalue weighted by molar-refractivity contribution is -0.151. The van der Waals surface area contributed by atoms with E-state index in [1.165, 1.54) is 0 Å². The second kappa shape index (κ2) is 5.66. The zero-order chi connectivity index (χ0) is 12.1. The number of carboxylic acid groups (broad SMARTS) is 1. The van der Waals surface area contributed by atoms with Crippen molar-refractivity contribution in [3.8, 4) is 0 Å². The minimum Gasteiger partial charge on any atom is -0.479 e. The maximum absolute atomic E-state index is 10.8. The molecule has 0 fully saturated rings. The van der Waals surface area contributed by atoms with Crippen LogP contribution in [-0.4, -0.2) is 17.2 Å². The Morgan fingerprint density at radius 2 is 2.12 bits per heavy atom. The van der Waals surface area contributed by atoms with Gasteiger partial charge < -0.3 is 9.84 Å². The Morgan fingerprint density at radius 1 is 1.44 bits per heavy atom. The molecule has 1 N–H and O–H groups in total. The minimum atomic E-state index is -0.896. The van der Waals surface area contributed by atoms with E-state index in [1.807, 2.05) is 39.0 Å². The lowest BCUT2D eigenvalue weighted by Crippen LogP contribution is -2.22. The summed E-state index contributed by atoms with van der Waals surface area (Å²) in [4.78, 5) is 10.8. The smallest absolute Gasteiger partial charge is 0.332 e. The van der Waals surface area contributed by atoms with Gasteiger partial charge in [-0.1, -0.05) is 30.7 Å². The molecule has 1 rings (SSSR count). The average Bonchev–Trinajstić information content (AvgIpc) is 2.23. The first-order valence-corrected chi connectivity index (χ1v) is 5.45. The van der Waals surface area contributed by atoms with Crippen molar-refractivity contribution in [1.29, 1.82) is 0 Å². The summed E-state index contributed by atoms with van der Waals surface area (Å²) in [6, 6.07) is 6.09. The molecule has 1 aromatic carbocycles. The Bertz CT molecular complexity index is 371. The van der Waals surface area contributed by atoms with Crippen LogP contribution in [0.3, 0.4) is 0 Å². The lowest BCUT2D eigenvalue weighted by atomic mass is 10.1. The van der Waals surface area contributed by atoms with E-state index in [-0.39, 0.29) is 0 Å². The maximum atomic E-state index is 10.8. The highest BCUT2D eigenvalue weighted by Gasteiger charge is 2.15. The number of carboxylic acids is 1. The fraction of sp³-hybridized carbons (Fsp3) is 0.462. The van der Waals surface area contributed by atoms with Crippen molar-refractivity contribution in [2.24, 2.45) is 0 Å². The van der Waals surface area contributed by atoms with Crippen LogP contribution in [0.25, 0.3) is 0 Å². The summed E-state index contributed by atoms with van der Waals surface area (Å²) in [5, 5.41) is 8.85. The van der Waals surface area contributed by atoms with Gasteiger partial charge in [0.2, 0.25) is 0 Å². The summed E-state index contributed by atoms with van der Waals surface area (Å²) in [5.74, 6) is -0.896. The Hall–Kier alpha value is -1.35. The molecule has 1 atom stereocenters. The van der Waals surface area contributed by atoms with Gasteiger partial charge in [0.15, 0.2) is 6.10 Å². The standard InChI is InChI=1S/C13H18O3/c1-4-12(13(14)15)16-8-11-7-9(2)5-6-10(11)3/h5-7,12H,4,8H2,1-3H3,(H,14,15). The van der Waals surface area contributed by atoms with Gasteiger partial charge in [-0.15, -0.1) is 0 Å². The summed E-state index contributed by atoms with van der Waals surface area (Å²) < 4.78 is 5.38. The van der Waals surface area contributed by atoms with E-state index >= 15 is 0 Å². The molecule has 0 aromatic heterocycles. The van der Waals surface area contributed by atoms with Crippen LogP contribution in [0.2, 0.25) is 0 Å². The molecule has 16 heavy (non-hydrogen) atoms. The summed E-state index contributed by atoms with van der Waals surface area (Å²) in [7, 11) is 0. The van der Waals surface area contributed by atoms with Crippen LogP contribution >= 0.6 is 0 Å². The fourth-order valence-electron chi connectivity index (χ4n) is 1.51. The molecule has 0 amide bonds. The molecule has 0 spiro atoms. The number of aliphatic carboxylic acids is 1. The van der Waals surface area contributed by atoms with Crippen LogP contribution in [0, 0.1) is 13.8 Å². The number of aryl methyl sites for hydroxylation is 2. The normalized spacial score (nSPS) is 12.4. The number of ether oxygens (including phenoxy) is 1. The Kier molecular flexibility index (Phi) is 4.50. The number of hydrogen-bond donors (Lipinski definition) is 1. The molecule has 0 saturated carbocycles. The van der Waals surface area contributed by atoms with Crippen LogP contribution in [0.5, 0.6) is 0 Å². The third kappa shape index (κ3) is 3.35. The van der Waals surface area contributed by atoms with Crippen molar-refractivity contribution in [3.63, 3.8) is 0 Å². The summed E-state index contributed by atoms with van der Waals surface area (Å²) in [5.41, 5.74) is 3.35. The average molecular weight is 222 g/mol. The van der Waals surface area contributed by atoms with E-state index in [4.69, 9.17) is 9.84 Å². The molecular formula is C13H18O3. The van der Waals surface area contributed by atoms with Crippen LogP contribution in [0.4, 0.5) is 0 Å². The fourth-order valence-corrected chi connectivity index (χ4v) is 1.51. The molecule has 0 heterocycles. The lowest BCUT2D eigenvalue weighted by Gasteiger charge is -2.13. The number of benzene rings is 1. The Labute approximate surface area is 96.1 Å². The van der Waals surface area contributed by atoms with E-state index in [0.717, 1.165) is 16.7 Å². The quantitative estimate of drug-likeness (QED) is 0.833. The summed E-state index contributed by atoms with van der Waals surface area (Å²) >= 11 is 0. The second-order valence-electron chi connectivity index (χ2n) is 3.98. The van der Waals surface area contributed by atoms with Gasteiger partial charge in [0, 0.05) is 0 Å². The molecule has 88 valence electrons. The molecule has 3 nitrogen and oxygen atoms in total. The van der Waals surface area contributed by atoms with Gasteiger partial charge in [0.25, 0.3) is 0 Å². The number of carbonyl (C=O) groups is 1. The zero-order valence-electron chi connectivity index (χ0n) is 9.99. The number of hydrogen-bond acceptors (Lipinski definition) is 2. The molecule has 0 aliphatic rings. The highest BCUT2D eigenvalue weighted by atomic mass is 16.5. The zero-order valence-corrected chi connectivity index (χ0v) is 9.99. The predicted octanol–water partition coefficient (Wildman–Crippen LogP) is 2.68. The van der Waals surface area contributed by atoms with Gasteiger partial charge in [-0.2, -0.15) is 0 Å². The second-order valence-corrected chi connectivity index (χ2v) is 3.98. The van der Waals surface area contributed by atoms with Gasteiger partial charge >= 0.3 is 5.97 Å². The SMILES string of the molecule is CCC(OCc1cc(C)ccc1C)C(=O)O. The van der Waals surface area contributed by atoms with Crippen molar-refractivity contribution in [1.82, 2.24) is 0 Å². The van der Waals surface area contributed by atoms with E-state index in [9.17, 15) is 4.79 Å². The first-order valence-electron chi connectivity index (χ1n) is 5.45. The van der Waals surface area contributed by atoms with Crippen LogP contribution in [0.15, 0.2) is 18.2 Å².